The first-order chi connectivity index (χ1) is 9.58. The molecular formula is C15H20BrN3S. The van der Waals surface area contributed by atoms with Crippen molar-refractivity contribution in [3.05, 3.63) is 16.8 Å². The Balaban J connectivity index is 1.92. The number of rotatable bonds is 2. The average Bonchev–Trinajstić information content (AvgIpc) is 2.74. The summed E-state index contributed by atoms with van der Waals surface area (Å²) in [6.07, 6.45) is 4.19. The first-order valence-electron chi connectivity index (χ1n) is 7.17. The van der Waals surface area contributed by atoms with E-state index in [1.165, 1.54) is 28.7 Å². The lowest BCUT2D eigenvalue weighted by molar-refractivity contribution is 0.406. The molecule has 0 aliphatic carbocycles. The fourth-order valence-corrected chi connectivity index (χ4v) is 4.49. The molecule has 1 saturated heterocycles. The highest BCUT2D eigenvalue weighted by molar-refractivity contribution is 9.09. The van der Waals surface area contributed by atoms with Crippen molar-refractivity contribution < 1.29 is 0 Å². The van der Waals surface area contributed by atoms with Gasteiger partial charge in [0, 0.05) is 22.8 Å². The van der Waals surface area contributed by atoms with Gasteiger partial charge in [-0.2, -0.15) is 0 Å². The Hall–Kier alpha value is -0.680. The van der Waals surface area contributed by atoms with Crippen LogP contribution in [-0.2, 0) is 0 Å². The van der Waals surface area contributed by atoms with Gasteiger partial charge in [-0.3, -0.25) is 0 Å². The molecule has 2 aromatic heterocycles. The van der Waals surface area contributed by atoms with Crippen molar-refractivity contribution in [1.82, 2.24) is 9.97 Å². The molecule has 3 heterocycles. The molecule has 0 radical (unpaired) electrons. The van der Waals surface area contributed by atoms with E-state index >= 15 is 0 Å². The minimum Gasteiger partial charge on any atom is -0.356 e. The average molecular weight is 354 g/mol. The molecule has 1 unspecified atom stereocenters. The van der Waals surface area contributed by atoms with Gasteiger partial charge < -0.3 is 4.90 Å². The quantitative estimate of drug-likeness (QED) is 0.753. The lowest BCUT2D eigenvalue weighted by Gasteiger charge is -2.34. The van der Waals surface area contributed by atoms with Gasteiger partial charge in [0.25, 0.3) is 0 Å². The largest absolute Gasteiger partial charge is 0.356 e. The minimum absolute atomic E-state index is 0.611. The van der Waals surface area contributed by atoms with E-state index < -0.39 is 0 Å². The molecular weight excluding hydrogens is 334 g/mol. The van der Waals surface area contributed by atoms with Gasteiger partial charge in [0.05, 0.1) is 5.39 Å². The fourth-order valence-electron chi connectivity index (χ4n) is 2.97. The van der Waals surface area contributed by atoms with E-state index in [4.69, 9.17) is 0 Å². The molecule has 3 nitrogen and oxygen atoms in total. The lowest BCUT2D eigenvalue weighted by Crippen LogP contribution is -2.36. The van der Waals surface area contributed by atoms with Crippen LogP contribution in [0.5, 0.6) is 0 Å². The van der Waals surface area contributed by atoms with Gasteiger partial charge in [-0.25, -0.2) is 9.97 Å². The van der Waals surface area contributed by atoms with Crippen molar-refractivity contribution in [1.29, 1.82) is 0 Å². The molecule has 1 atom stereocenters. The van der Waals surface area contributed by atoms with Crippen LogP contribution in [0.25, 0.3) is 10.2 Å². The number of halogens is 1. The smallest absolute Gasteiger partial charge is 0.141 e. The third-order valence-electron chi connectivity index (χ3n) is 4.43. The Morgan fingerprint density at radius 1 is 1.30 bits per heavy atom. The summed E-state index contributed by atoms with van der Waals surface area (Å²) < 4.78 is 0. The van der Waals surface area contributed by atoms with Crippen LogP contribution in [0.2, 0.25) is 0 Å². The molecule has 1 aliphatic rings. The molecule has 0 aromatic carbocycles. The Labute approximate surface area is 132 Å². The van der Waals surface area contributed by atoms with E-state index in [0.717, 1.165) is 29.7 Å². The molecule has 0 N–H and O–H groups in total. The highest BCUT2D eigenvalue weighted by Gasteiger charge is 2.25. The molecule has 3 rings (SSSR count). The van der Waals surface area contributed by atoms with Crippen LogP contribution in [0.1, 0.15) is 30.2 Å². The Kier molecular flexibility index (Phi) is 4.00. The van der Waals surface area contributed by atoms with Crippen molar-refractivity contribution in [2.45, 2.75) is 38.4 Å². The van der Waals surface area contributed by atoms with Gasteiger partial charge in [0.15, 0.2) is 0 Å². The van der Waals surface area contributed by atoms with Gasteiger partial charge in [-0.05, 0) is 38.2 Å². The van der Waals surface area contributed by atoms with Crippen LogP contribution in [0.4, 0.5) is 5.82 Å². The second-order valence-corrected chi connectivity index (χ2v) is 8.31. The van der Waals surface area contributed by atoms with E-state index in [-0.39, 0.29) is 0 Å². The van der Waals surface area contributed by atoms with Crippen LogP contribution in [-0.4, -0.2) is 27.9 Å². The fraction of sp³-hybridized carbons (Fsp3) is 0.600. The summed E-state index contributed by atoms with van der Waals surface area (Å²) in [5.41, 5.74) is 1.34. The van der Waals surface area contributed by atoms with Gasteiger partial charge in [-0.15, -0.1) is 11.3 Å². The van der Waals surface area contributed by atoms with E-state index in [0.29, 0.717) is 4.83 Å². The van der Waals surface area contributed by atoms with E-state index in [9.17, 15) is 0 Å². The molecule has 0 bridgehead atoms. The summed E-state index contributed by atoms with van der Waals surface area (Å²) in [5.74, 6) is 1.92. The van der Waals surface area contributed by atoms with Gasteiger partial charge >= 0.3 is 0 Å². The number of nitrogens with zero attached hydrogens (tertiary/aromatic N) is 3. The van der Waals surface area contributed by atoms with E-state index in [1.807, 2.05) is 0 Å². The van der Waals surface area contributed by atoms with E-state index in [1.54, 1.807) is 17.7 Å². The van der Waals surface area contributed by atoms with Crippen molar-refractivity contribution in [2.24, 2.45) is 5.92 Å². The van der Waals surface area contributed by atoms with Gasteiger partial charge in [0.2, 0.25) is 0 Å². The molecule has 20 heavy (non-hydrogen) atoms. The number of piperidine rings is 1. The molecule has 0 saturated carbocycles. The number of fused-ring (bicyclic) bond motifs is 1. The standard InChI is InChI=1S/C15H20BrN3S/c1-9-11(3)20-15-13(9)14(17-8-18-15)19-6-4-12(5-7-19)10(2)16/h8,10,12H,4-7H2,1-3H3. The molecule has 108 valence electrons. The molecule has 0 spiro atoms. The maximum atomic E-state index is 4.58. The third-order valence-corrected chi connectivity index (χ3v) is 6.30. The number of thiophene rings is 1. The van der Waals surface area contributed by atoms with Gasteiger partial charge in [0.1, 0.15) is 17.0 Å². The van der Waals surface area contributed by atoms with Gasteiger partial charge in [-0.1, -0.05) is 22.9 Å². The minimum atomic E-state index is 0.611. The summed E-state index contributed by atoms with van der Waals surface area (Å²) in [5, 5.41) is 1.26. The monoisotopic (exact) mass is 353 g/mol. The van der Waals surface area contributed by atoms with Crippen LogP contribution in [0.3, 0.4) is 0 Å². The summed E-state index contributed by atoms with van der Waals surface area (Å²) in [4.78, 5) is 14.5. The SMILES string of the molecule is Cc1sc2ncnc(N3CCC(C(C)Br)CC3)c2c1C. The Morgan fingerprint density at radius 2 is 2.00 bits per heavy atom. The summed E-state index contributed by atoms with van der Waals surface area (Å²) in [7, 11) is 0. The second kappa shape index (κ2) is 5.60. The van der Waals surface area contributed by atoms with Crippen molar-refractivity contribution in [2.75, 3.05) is 18.0 Å². The first kappa shape index (κ1) is 14.3. The van der Waals surface area contributed by atoms with E-state index in [2.05, 4.69) is 51.6 Å². The zero-order valence-corrected chi connectivity index (χ0v) is 14.6. The van der Waals surface area contributed by atoms with Crippen molar-refractivity contribution in [3.8, 4) is 0 Å². The normalized spacial score (nSPS) is 18.7. The number of hydrogen-bond donors (Lipinski definition) is 0. The molecule has 1 aliphatic heterocycles. The number of aromatic nitrogens is 2. The molecule has 2 aromatic rings. The van der Waals surface area contributed by atoms with Crippen LogP contribution >= 0.6 is 27.3 Å². The maximum absolute atomic E-state index is 4.58. The molecule has 0 amide bonds. The highest BCUT2D eigenvalue weighted by Crippen LogP contribution is 2.36. The third kappa shape index (κ3) is 2.46. The summed E-state index contributed by atoms with van der Waals surface area (Å²) in [6, 6.07) is 0. The summed E-state index contributed by atoms with van der Waals surface area (Å²) >= 11 is 5.50. The second-order valence-electron chi connectivity index (χ2n) is 5.66. The highest BCUT2D eigenvalue weighted by atomic mass is 79.9. The first-order valence-corrected chi connectivity index (χ1v) is 8.91. The zero-order valence-electron chi connectivity index (χ0n) is 12.2. The number of aryl methyl sites for hydroxylation is 2. The lowest BCUT2D eigenvalue weighted by atomic mass is 9.94. The van der Waals surface area contributed by atoms with Crippen LogP contribution < -0.4 is 4.90 Å². The number of alkyl halides is 1. The number of anilines is 1. The van der Waals surface area contributed by atoms with Crippen LogP contribution in [0.15, 0.2) is 6.33 Å². The Morgan fingerprint density at radius 3 is 2.65 bits per heavy atom. The Bertz CT molecular complexity index is 615. The van der Waals surface area contributed by atoms with Crippen LogP contribution in [0, 0.1) is 19.8 Å². The van der Waals surface area contributed by atoms with Crippen molar-refractivity contribution >= 4 is 43.3 Å². The predicted octanol–water partition coefficient (Wildman–Crippen LogP) is 4.31. The number of hydrogen-bond acceptors (Lipinski definition) is 4. The topological polar surface area (TPSA) is 29.0 Å². The summed E-state index contributed by atoms with van der Waals surface area (Å²) in [6.45, 7) is 8.82. The predicted molar refractivity (Wildman–Crippen MR) is 90.2 cm³/mol. The molecule has 1 fully saturated rings. The molecule has 5 heteroatoms. The van der Waals surface area contributed by atoms with Crippen molar-refractivity contribution in [3.63, 3.8) is 0 Å². The zero-order chi connectivity index (χ0) is 14.3. The maximum Gasteiger partial charge on any atom is 0.141 e.